The molecule has 5 rings (SSSR count). The Morgan fingerprint density at radius 1 is 0.828 bits per heavy atom. The number of hydrogen-bond acceptors (Lipinski definition) is 2. The van der Waals surface area contributed by atoms with Crippen LogP contribution in [0.1, 0.15) is 57.2 Å². The monoisotopic (exact) mass is 397 g/mol. The van der Waals surface area contributed by atoms with Gasteiger partial charge in [-0.2, -0.15) is 0 Å². The zero-order valence-electron chi connectivity index (χ0n) is 17.8. The van der Waals surface area contributed by atoms with E-state index in [1.165, 1.54) is 53.7 Å². The van der Waals surface area contributed by atoms with Gasteiger partial charge in [0, 0.05) is 42.9 Å². The maximum absolute atomic E-state index is 3.72. The number of rotatable bonds is 2. The highest BCUT2D eigenvalue weighted by Crippen LogP contribution is 2.51. The molecule has 0 saturated heterocycles. The third-order valence-corrected chi connectivity index (χ3v) is 7.17. The third-order valence-electron chi connectivity index (χ3n) is 6.04. The maximum Gasteiger partial charge on any atom is 0.0424 e. The van der Waals surface area contributed by atoms with Crippen molar-refractivity contribution >= 4 is 42.8 Å². The van der Waals surface area contributed by atoms with Crippen molar-refractivity contribution in [3.8, 4) is 0 Å². The zero-order valence-corrected chi connectivity index (χ0v) is 18.6. The quantitative estimate of drug-likeness (QED) is 0.359. The third kappa shape index (κ3) is 2.89. The topological polar surface area (TPSA) is 12.0 Å². The van der Waals surface area contributed by atoms with Crippen LogP contribution in [-0.4, -0.2) is 5.54 Å². The first-order valence-corrected chi connectivity index (χ1v) is 11.2. The lowest BCUT2D eigenvalue weighted by molar-refractivity contribution is 0.634. The van der Waals surface area contributed by atoms with Crippen LogP contribution in [-0.2, 0) is 0 Å². The molecule has 1 atom stereocenters. The fourth-order valence-electron chi connectivity index (χ4n) is 4.73. The van der Waals surface area contributed by atoms with Crippen molar-refractivity contribution in [3.63, 3.8) is 0 Å². The Bertz CT molecular complexity index is 1280. The summed E-state index contributed by atoms with van der Waals surface area (Å²) in [5.74, 6) is 0.421. The van der Waals surface area contributed by atoms with Gasteiger partial charge >= 0.3 is 0 Å². The van der Waals surface area contributed by atoms with E-state index >= 15 is 0 Å². The van der Waals surface area contributed by atoms with E-state index in [1.54, 1.807) is 0 Å². The minimum absolute atomic E-state index is 0.0190. The molecule has 146 valence electrons. The predicted octanol–water partition coefficient (Wildman–Crippen LogP) is 8.20. The van der Waals surface area contributed by atoms with Gasteiger partial charge in [0.1, 0.15) is 0 Å². The van der Waals surface area contributed by atoms with Crippen LogP contribution >= 0.6 is 11.3 Å². The summed E-state index contributed by atoms with van der Waals surface area (Å²) >= 11 is 1.91. The van der Waals surface area contributed by atoms with Crippen LogP contribution in [0.5, 0.6) is 0 Å². The summed E-state index contributed by atoms with van der Waals surface area (Å²) in [7, 11) is 0. The molecule has 1 unspecified atom stereocenters. The number of fused-ring (bicyclic) bond motifs is 5. The van der Waals surface area contributed by atoms with E-state index in [0.717, 1.165) is 0 Å². The smallest absolute Gasteiger partial charge is 0.0424 e. The zero-order chi connectivity index (χ0) is 20.3. The summed E-state index contributed by atoms with van der Waals surface area (Å²) in [4.78, 5) is 0. The molecule has 3 aromatic carbocycles. The minimum Gasteiger partial charge on any atom is -0.380 e. The normalized spacial score (nSPS) is 16.7. The van der Waals surface area contributed by atoms with E-state index in [-0.39, 0.29) is 5.54 Å². The second-order valence-corrected chi connectivity index (χ2v) is 10.3. The van der Waals surface area contributed by atoms with Gasteiger partial charge in [0.15, 0.2) is 0 Å². The van der Waals surface area contributed by atoms with Crippen LogP contribution in [0.25, 0.3) is 25.7 Å². The molecule has 0 bridgehead atoms. The van der Waals surface area contributed by atoms with Gasteiger partial charge in [0.05, 0.1) is 0 Å². The van der Waals surface area contributed by atoms with Gasteiger partial charge in [-0.3, -0.25) is 0 Å². The second kappa shape index (κ2) is 6.47. The van der Waals surface area contributed by atoms with Crippen LogP contribution in [0.3, 0.4) is 0 Å². The van der Waals surface area contributed by atoms with Crippen molar-refractivity contribution in [1.82, 2.24) is 0 Å². The van der Waals surface area contributed by atoms with Crippen LogP contribution in [0.4, 0.5) is 5.69 Å². The van der Waals surface area contributed by atoms with Crippen LogP contribution in [0.15, 0.2) is 66.2 Å². The molecule has 0 saturated carbocycles. The highest BCUT2D eigenvalue weighted by atomic mass is 32.1. The molecule has 0 radical (unpaired) electrons. The molecule has 2 heteroatoms. The minimum atomic E-state index is 0.0190. The summed E-state index contributed by atoms with van der Waals surface area (Å²) < 4.78 is 2.77. The SMILES string of the molecule is CC1=C(c2ccccc2NC(C)(C)C)c2ccc3sc4ccccc4c3c2C1C. The van der Waals surface area contributed by atoms with E-state index in [1.807, 2.05) is 11.3 Å². The summed E-state index contributed by atoms with van der Waals surface area (Å²) in [5.41, 5.74) is 8.30. The summed E-state index contributed by atoms with van der Waals surface area (Å²) in [5, 5.41) is 6.57. The average Bonchev–Trinajstić information content (AvgIpc) is 3.17. The highest BCUT2D eigenvalue weighted by molar-refractivity contribution is 7.25. The predicted molar refractivity (Wildman–Crippen MR) is 129 cm³/mol. The van der Waals surface area contributed by atoms with Crippen LogP contribution < -0.4 is 5.32 Å². The van der Waals surface area contributed by atoms with Gasteiger partial charge in [0.25, 0.3) is 0 Å². The second-order valence-electron chi connectivity index (χ2n) is 9.20. The average molecular weight is 398 g/mol. The Balaban J connectivity index is 1.78. The van der Waals surface area contributed by atoms with Gasteiger partial charge in [-0.15, -0.1) is 11.3 Å². The summed E-state index contributed by atoms with van der Waals surface area (Å²) in [6, 6.07) is 22.3. The van der Waals surface area contributed by atoms with E-state index in [4.69, 9.17) is 0 Å². The number of allylic oxidation sites excluding steroid dienone is 1. The molecule has 1 nitrogen and oxygen atoms in total. The fraction of sp³-hybridized carbons (Fsp3) is 0.259. The Hall–Kier alpha value is -2.58. The lowest BCUT2D eigenvalue weighted by atomic mass is 9.93. The Kier molecular flexibility index (Phi) is 4.11. The van der Waals surface area contributed by atoms with Gasteiger partial charge in [0.2, 0.25) is 0 Å². The standard InChI is InChI=1S/C27H27NS/c1-16-17(2)25-20(14-15-23-26(25)19-11-7-9-13-22(19)29-23)24(16)18-10-6-8-12-21(18)28-27(3,4)5/h6-15,17,28H,1-5H3. The first-order valence-electron chi connectivity index (χ1n) is 10.4. The van der Waals surface area contributed by atoms with Crippen molar-refractivity contribution in [2.75, 3.05) is 5.32 Å². The molecule has 0 aliphatic heterocycles. The molecule has 0 amide bonds. The molecule has 4 aromatic rings. The van der Waals surface area contributed by atoms with Crippen molar-refractivity contribution in [3.05, 3.63) is 82.9 Å². The molecule has 0 fully saturated rings. The first-order chi connectivity index (χ1) is 13.8. The summed E-state index contributed by atoms with van der Waals surface area (Å²) in [6.07, 6.45) is 0. The van der Waals surface area contributed by atoms with Crippen molar-refractivity contribution in [2.45, 2.75) is 46.1 Å². The first kappa shape index (κ1) is 18.4. The molecule has 1 N–H and O–H groups in total. The lowest BCUT2D eigenvalue weighted by Crippen LogP contribution is -2.26. The molecule has 1 aliphatic carbocycles. The molecule has 29 heavy (non-hydrogen) atoms. The molecule has 1 heterocycles. The number of benzene rings is 3. The molecular weight excluding hydrogens is 370 g/mol. The lowest BCUT2D eigenvalue weighted by Gasteiger charge is -2.25. The molecule has 0 spiro atoms. The molecular formula is C27H27NS. The molecule has 1 aromatic heterocycles. The fourth-order valence-corrected chi connectivity index (χ4v) is 5.85. The van der Waals surface area contributed by atoms with Crippen molar-refractivity contribution in [2.24, 2.45) is 0 Å². The van der Waals surface area contributed by atoms with Crippen LogP contribution in [0.2, 0.25) is 0 Å². The maximum atomic E-state index is 3.72. The van der Waals surface area contributed by atoms with E-state index in [9.17, 15) is 0 Å². The number of thiophene rings is 1. The van der Waals surface area contributed by atoms with Gasteiger partial charge < -0.3 is 5.32 Å². The Morgan fingerprint density at radius 2 is 1.55 bits per heavy atom. The van der Waals surface area contributed by atoms with Crippen LogP contribution in [0, 0.1) is 0 Å². The molecule has 1 aliphatic rings. The van der Waals surface area contributed by atoms with E-state index < -0.39 is 0 Å². The summed E-state index contributed by atoms with van der Waals surface area (Å²) in [6.45, 7) is 11.3. The Labute approximate surface area is 177 Å². The Morgan fingerprint density at radius 3 is 2.34 bits per heavy atom. The van der Waals surface area contributed by atoms with Gasteiger partial charge in [-0.1, -0.05) is 55.0 Å². The number of anilines is 1. The highest BCUT2D eigenvalue weighted by Gasteiger charge is 2.30. The number of hydrogen-bond donors (Lipinski definition) is 1. The van der Waals surface area contributed by atoms with Crippen molar-refractivity contribution < 1.29 is 0 Å². The van der Waals surface area contributed by atoms with Gasteiger partial charge in [-0.25, -0.2) is 0 Å². The van der Waals surface area contributed by atoms with E-state index in [0.29, 0.717) is 5.92 Å². The van der Waals surface area contributed by atoms with Gasteiger partial charge in [-0.05, 0) is 62.6 Å². The van der Waals surface area contributed by atoms with E-state index in [2.05, 4.69) is 101 Å². The van der Waals surface area contributed by atoms with Crippen molar-refractivity contribution in [1.29, 1.82) is 0 Å². The number of para-hydroxylation sites is 1. The number of nitrogens with one attached hydrogen (secondary N) is 1. The largest absolute Gasteiger partial charge is 0.380 e.